The second-order valence-corrected chi connectivity index (χ2v) is 18.7. The van der Waals surface area contributed by atoms with E-state index in [0.29, 0.717) is 11.7 Å². The van der Waals surface area contributed by atoms with Gasteiger partial charge in [0.15, 0.2) is 0 Å². The molecule has 3 heteroatoms. The van der Waals surface area contributed by atoms with Gasteiger partial charge in [-0.3, -0.25) is 4.99 Å². The summed E-state index contributed by atoms with van der Waals surface area (Å²) < 4.78 is 0. The molecule has 5 rings (SSSR count). The lowest BCUT2D eigenvalue weighted by molar-refractivity contribution is 0.256. The number of aromatic hydroxyl groups is 1. The highest BCUT2D eigenvalue weighted by molar-refractivity contribution is 7.76. The van der Waals surface area contributed by atoms with Gasteiger partial charge in [0.2, 0.25) is 0 Å². The van der Waals surface area contributed by atoms with Crippen LogP contribution in [0.4, 0.5) is 5.69 Å². The van der Waals surface area contributed by atoms with Gasteiger partial charge in [-0.05, 0) is 104 Å². The summed E-state index contributed by atoms with van der Waals surface area (Å²) in [5.74, 6) is 1.10. The molecular weight excluding hydrogens is 529 g/mol. The minimum atomic E-state index is -0.368. The monoisotopic (exact) mass is 587 g/mol. The third kappa shape index (κ3) is 6.01. The van der Waals surface area contributed by atoms with Crippen LogP contribution in [0.25, 0.3) is 0 Å². The normalized spacial score (nSPS) is 25.8. The van der Waals surface area contributed by atoms with Crippen molar-refractivity contribution in [3.05, 3.63) is 57.6 Å². The van der Waals surface area contributed by atoms with E-state index in [0.717, 1.165) is 17.6 Å². The van der Waals surface area contributed by atoms with E-state index in [-0.39, 0.29) is 24.2 Å². The van der Waals surface area contributed by atoms with E-state index in [2.05, 4.69) is 86.6 Å². The molecule has 0 spiro atoms. The summed E-state index contributed by atoms with van der Waals surface area (Å²) in [4.78, 5) is 5.92. The van der Waals surface area contributed by atoms with Crippen LogP contribution in [0.2, 0.25) is 0 Å². The van der Waals surface area contributed by atoms with Crippen LogP contribution in [0.3, 0.4) is 0 Å². The minimum absolute atomic E-state index is 0.00432. The summed E-state index contributed by atoms with van der Waals surface area (Å²) in [5, 5.41) is 12.4. The van der Waals surface area contributed by atoms with Crippen LogP contribution in [0.15, 0.2) is 29.3 Å². The van der Waals surface area contributed by atoms with Gasteiger partial charge >= 0.3 is 0 Å². The summed E-state index contributed by atoms with van der Waals surface area (Å²) >= 11 is 0. The molecule has 2 nitrogen and oxygen atoms in total. The van der Waals surface area contributed by atoms with E-state index in [1.807, 2.05) is 0 Å². The Morgan fingerprint density at radius 2 is 1.33 bits per heavy atom. The first kappa shape index (κ1) is 31.8. The Labute approximate surface area is 259 Å². The molecule has 42 heavy (non-hydrogen) atoms. The quantitative estimate of drug-likeness (QED) is 0.355. The average Bonchev–Trinajstić information content (AvgIpc) is 3.30. The van der Waals surface area contributed by atoms with Crippen LogP contribution < -0.4 is 0 Å². The molecule has 0 bridgehead atoms. The third-order valence-electron chi connectivity index (χ3n) is 10.9. The van der Waals surface area contributed by atoms with Crippen molar-refractivity contribution < 1.29 is 5.11 Å². The lowest BCUT2D eigenvalue weighted by atomic mass is 9.62. The van der Waals surface area contributed by atoms with E-state index in [4.69, 9.17) is 4.99 Å². The lowest BCUT2D eigenvalue weighted by Gasteiger charge is -2.44. The molecule has 0 amide bonds. The molecule has 2 aliphatic carbocycles. The van der Waals surface area contributed by atoms with E-state index in [1.54, 1.807) is 0 Å². The molecule has 2 aromatic carbocycles. The van der Waals surface area contributed by atoms with Crippen LogP contribution in [0.5, 0.6) is 5.75 Å². The molecule has 3 aliphatic rings. The van der Waals surface area contributed by atoms with Crippen LogP contribution in [0, 0.1) is 26.7 Å². The second-order valence-electron chi connectivity index (χ2n) is 16.1. The summed E-state index contributed by atoms with van der Waals surface area (Å²) in [6.45, 7) is 20.5. The lowest BCUT2D eigenvalue weighted by Crippen LogP contribution is -2.41. The predicted octanol–water partition coefficient (Wildman–Crippen LogP) is 11.7. The largest absolute Gasteiger partial charge is 0.507 e. The molecule has 230 valence electrons. The Bertz CT molecular complexity index is 1290. The van der Waals surface area contributed by atoms with Crippen molar-refractivity contribution in [2.45, 2.75) is 155 Å². The van der Waals surface area contributed by atoms with Crippen molar-refractivity contribution in [3.63, 3.8) is 0 Å². The number of hydrogen-bond acceptors (Lipinski definition) is 2. The number of rotatable bonds is 4. The van der Waals surface area contributed by atoms with Crippen LogP contribution in [-0.2, 0) is 16.2 Å². The van der Waals surface area contributed by atoms with Crippen LogP contribution in [-0.4, -0.2) is 22.4 Å². The topological polar surface area (TPSA) is 32.6 Å². The number of phenols is 1. The number of benzene rings is 2. The molecule has 1 aliphatic heterocycles. The van der Waals surface area contributed by atoms with Crippen molar-refractivity contribution in [1.82, 2.24) is 0 Å². The number of phenolic OH excluding ortho intramolecular Hbond substituents is 1. The first-order chi connectivity index (χ1) is 19.7. The van der Waals surface area contributed by atoms with Crippen molar-refractivity contribution in [2.75, 3.05) is 6.16 Å². The van der Waals surface area contributed by atoms with Crippen molar-refractivity contribution >= 4 is 19.1 Å². The van der Waals surface area contributed by atoms with E-state index < -0.39 is 0 Å². The third-order valence-corrected chi connectivity index (χ3v) is 14.0. The SMILES string of the molecule is Cc1cc(C)c(N=C2P(C3CCCCC3)CCC2(c2cc(C(C)(C)C)cc(C(C)(C)C)c2O)C2CCCCC2)c(C)c1. The Kier molecular flexibility index (Phi) is 9.09. The van der Waals surface area contributed by atoms with Gasteiger partial charge in [0, 0.05) is 11.0 Å². The fraction of sp³-hybridized carbons (Fsp3) is 0.667. The molecule has 2 atom stereocenters. The van der Waals surface area contributed by atoms with Crippen molar-refractivity contribution in [2.24, 2.45) is 10.9 Å². The molecule has 0 aromatic heterocycles. The molecule has 1 saturated heterocycles. The summed E-state index contributed by atoms with van der Waals surface area (Å²) in [6.07, 6.45) is 15.7. The number of nitrogens with zero attached hydrogens (tertiary/aromatic N) is 1. The minimum Gasteiger partial charge on any atom is -0.507 e. The maximum absolute atomic E-state index is 12.4. The van der Waals surface area contributed by atoms with Crippen LogP contribution >= 0.6 is 7.92 Å². The van der Waals surface area contributed by atoms with E-state index in [9.17, 15) is 5.11 Å². The standard InChI is InChI=1S/C39H58NOP/c1-26-22-27(2)34(28(3)23-26)40-36-39(29-16-12-10-13-17-29,20-21-42(36)31-18-14-11-15-19-31)33-25-30(37(4,5)6)24-32(35(33)41)38(7,8)9/h22-25,29,31,41H,10-21H2,1-9H3. The van der Waals surface area contributed by atoms with Crippen molar-refractivity contribution in [3.8, 4) is 5.75 Å². The molecule has 2 unspecified atom stereocenters. The molecular formula is C39H58NOP. The van der Waals surface area contributed by atoms with Gasteiger partial charge < -0.3 is 5.11 Å². The summed E-state index contributed by atoms with van der Waals surface area (Å²) in [7, 11) is -0.368. The maximum Gasteiger partial charge on any atom is 0.123 e. The molecule has 1 N–H and O–H groups in total. The highest BCUT2D eigenvalue weighted by Gasteiger charge is 2.55. The van der Waals surface area contributed by atoms with Gasteiger partial charge in [-0.25, -0.2) is 0 Å². The number of hydrogen-bond donors (Lipinski definition) is 1. The highest BCUT2D eigenvalue weighted by atomic mass is 31.1. The fourth-order valence-corrected chi connectivity index (χ4v) is 12.2. The van der Waals surface area contributed by atoms with Gasteiger partial charge in [-0.2, -0.15) is 0 Å². The van der Waals surface area contributed by atoms with E-state index in [1.165, 1.54) is 109 Å². The Hall–Kier alpha value is -1.66. The smallest absolute Gasteiger partial charge is 0.123 e. The Balaban J connectivity index is 1.84. The predicted molar refractivity (Wildman–Crippen MR) is 185 cm³/mol. The van der Waals surface area contributed by atoms with E-state index >= 15 is 0 Å². The van der Waals surface area contributed by atoms with Gasteiger partial charge in [-0.15, -0.1) is 0 Å². The number of aryl methyl sites for hydroxylation is 3. The van der Waals surface area contributed by atoms with Gasteiger partial charge in [0.1, 0.15) is 5.75 Å². The van der Waals surface area contributed by atoms with Gasteiger partial charge in [0.25, 0.3) is 0 Å². The molecule has 0 radical (unpaired) electrons. The Morgan fingerprint density at radius 1 is 0.762 bits per heavy atom. The number of aliphatic imine (C=N–C) groups is 1. The molecule has 3 fully saturated rings. The summed E-state index contributed by atoms with van der Waals surface area (Å²) in [6, 6.07) is 9.41. The molecule has 2 saturated carbocycles. The van der Waals surface area contributed by atoms with Crippen molar-refractivity contribution in [1.29, 1.82) is 0 Å². The zero-order valence-corrected chi connectivity index (χ0v) is 29.2. The highest BCUT2D eigenvalue weighted by Crippen LogP contribution is 2.66. The first-order valence-corrected chi connectivity index (χ1v) is 18.6. The second kappa shape index (κ2) is 12.0. The zero-order valence-electron chi connectivity index (χ0n) is 28.3. The zero-order chi connectivity index (χ0) is 30.4. The average molecular weight is 588 g/mol. The Morgan fingerprint density at radius 3 is 1.88 bits per heavy atom. The molecule has 1 heterocycles. The fourth-order valence-electron chi connectivity index (χ4n) is 8.57. The van der Waals surface area contributed by atoms with Crippen LogP contribution in [0.1, 0.15) is 146 Å². The van der Waals surface area contributed by atoms with Gasteiger partial charge in [0.05, 0.1) is 11.1 Å². The molecule has 2 aromatic rings. The summed E-state index contributed by atoms with van der Waals surface area (Å²) in [5.41, 5.74) is 10.7. The maximum atomic E-state index is 12.4. The first-order valence-electron chi connectivity index (χ1n) is 17.1. The van der Waals surface area contributed by atoms with Gasteiger partial charge in [-0.1, -0.05) is 118 Å².